The van der Waals surface area contributed by atoms with E-state index >= 15 is 0 Å². The van der Waals surface area contributed by atoms with Crippen molar-refractivity contribution in [1.29, 1.82) is 0 Å². The number of aromatic amines is 1. The number of rotatable bonds is 5. The number of carbonyl (C=O) groups excluding carboxylic acids is 1. The fourth-order valence-corrected chi connectivity index (χ4v) is 2.76. The van der Waals surface area contributed by atoms with Crippen molar-refractivity contribution < 1.29 is 9.53 Å². The number of Topliss-reactive ketones (excluding diaryl/α,β-unsaturated/α-hetero) is 1. The van der Waals surface area contributed by atoms with Crippen molar-refractivity contribution in [3.8, 4) is 5.75 Å². The fraction of sp³-hybridized carbons (Fsp3) is 0.211. The Morgan fingerprint density at radius 3 is 2.59 bits per heavy atom. The molecule has 0 unspecified atom stereocenters. The first-order valence-electron chi connectivity index (χ1n) is 7.42. The molecule has 22 heavy (non-hydrogen) atoms. The second-order valence-electron chi connectivity index (χ2n) is 5.56. The Bertz CT molecular complexity index is 787. The lowest BCUT2D eigenvalue weighted by atomic mass is 9.93. The van der Waals surface area contributed by atoms with Crippen molar-refractivity contribution in [3.05, 3.63) is 65.9 Å². The number of para-hydroxylation sites is 1. The first-order chi connectivity index (χ1) is 10.7. The fourth-order valence-electron chi connectivity index (χ4n) is 2.76. The minimum atomic E-state index is -0.0624. The Hall–Kier alpha value is -2.55. The Labute approximate surface area is 129 Å². The molecule has 3 nitrogen and oxygen atoms in total. The van der Waals surface area contributed by atoms with Crippen LogP contribution >= 0.6 is 0 Å². The predicted octanol–water partition coefficient (Wildman–Crippen LogP) is 4.24. The van der Waals surface area contributed by atoms with Crippen molar-refractivity contribution in [2.75, 3.05) is 7.11 Å². The van der Waals surface area contributed by atoms with Gasteiger partial charge in [-0.05, 0) is 42.3 Å². The summed E-state index contributed by atoms with van der Waals surface area (Å²) in [5, 5.41) is 1.19. The topological polar surface area (TPSA) is 42.1 Å². The van der Waals surface area contributed by atoms with Gasteiger partial charge in [0.25, 0.3) is 0 Å². The number of hydrogen-bond donors (Lipinski definition) is 1. The number of aromatic nitrogens is 1. The van der Waals surface area contributed by atoms with Gasteiger partial charge in [0.05, 0.1) is 7.11 Å². The highest BCUT2D eigenvalue weighted by Gasteiger charge is 2.17. The SMILES string of the molecule is COc1ccc(C(=O)[C@H](C)Cc2c[nH]c3ccccc23)cc1. The van der Waals surface area contributed by atoms with Gasteiger partial charge in [-0.3, -0.25) is 4.79 Å². The zero-order valence-electron chi connectivity index (χ0n) is 12.8. The summed E-state index contributed by atoms with van der Waals surface area (Å²) in [7, 11) is 1.62. The second kappa shape index (κ2) is 6.06. The molecule has 3 rings (SSSR count). The van der Waals surface area contributed by atoms with Crippen molar-refractivity contribution in [2.24, 2.45) is 5.92 Å². The summed E-state index contributed by atoms with van der Waals surface area (Å²) in [6.45, 7) is 1.98. The van der Waals surface area contributed by atoms with Gasteiger partial charge in [0, 0.05) is 28.6 Å². The highest BCUT2D eigenvalue weighted by molar-refractivity contribution is 5.98. The van der Waals surface area contributed by atoms with Gasteiger partial charge in [-0.2, -0.15) is 0 Å². The van der Waals surface area contributed by atoms with Crippen LogP contribution in [0.2, 0.25) is 0 Å². The van der Waals surface area contributed by atoms with Crippen molar-refractivity contribution in [1.82, 2.24) is 4.98 Å². The number of nitrogens with one attached hydrogen (secondary N) is 1. The van der Waals surface area contributed by atoms with Gasteiger partial charge in [0.15, 0.2) is 5.78 Å². The summed E-state index contributed by atoms with van der Waals surface area (Å²) in [4.78, 5) is 15.8. The first-order valence-corrected chi connectivity index (χ1v) is 7.42. The normalized spacial score (nSPS) is 12.3. The summed E-state index contributed by atoms with van der Waals surface area (Å²) in [6.07, 6.45) is 2.73. The van der Waals surface area contributed by atoms with E-state index in [-0.39, 0.29) is 11.7 Å². The van der Waals surface area contributed by atoms with E-state index in [0.29, 0.717) is 0 Å². The van der Waals surface area contributed by atoms with E-state index in [4.69, 9.17) is 4.74 Å². The van der Waals surface area contributed by atoms with Crippen LogP contribution in [0.3, 0.4) is 0 Å². The maximum absolute atomic E-state index is 12.6. The number of benzene rings is 2. The van der Waals surface area contributed by atoms with Crippen LogP contribution in [0.15, 0.2) is 54.7 Å². The molecule has 0 saturated carbocycles. The molecule has 0 aliphatic carbocycles. The molecule has 0 amide bonds. The quantitative estimate of drug-likeness (QED) is 0.715. The lowest BCUT2D eigenvalue weighted by Gasteiger charge is -2.10. The monoisotopic (exact) mass is 293 g/mol. The van der Waals surface area contributed by atoms with Crippen LogP contribution in [0.1, 0.15) is 22.8 Å². The van der Waals surface area contributed by atoms with E-state index in [1.807, 2.05) is 49.5 Å². The molecule has 2 aromatic carbocycles. The van der Waals surface area contributed by atoms with Gasteiger partial charge < -0.3 is 9.72 Å². The number of hydrogen-bond acceptors (Lipinski definition) is 2. The largest absolute Gasteiger partial charge is 0.497 e. The molecule has 112 valence electrons. The summed E-state index contributed by atoms with van der Waals surface area (Å²) < 4.78 is 5.13. The lowest BCUT2D eigenvalue weighted by Crippen LogP contribution is -2.13. The number of methoxy groups -OCH3 is 1. The molecule has 3 heteroatoms. The Kier molecular flexibility index (Phi) is 3.96. The molecular weight excluding hydrogens is 274 g/mol. The van der Waals surface area contributed by atoms with Crippen LogP contribution in [0.5, 0.6) is 5.75 Å². The molecule has 0 fully saturated rings. The first kappa shape index (κ1) is 14.4. The van der Waals surface area contributed by atoms with Gasteiger partial charge in [-0.15, -0.1) is 0 Å². The van der Waals surface area contributed by atoms with E-state index < -0.39 is 0 Å². The third kappa shape index (κ3) is 2.75. The van der Waals surface area contributed by atoms with E-state index in [1.165, 1.54) is 10.9 Å². The number of ether oxygens (including phenoxy) is 1. The number of ketones is 1. The second-order valence-corrected chi connectivity index (χ2v) is 5.56. The van der Waals surface area contributed by atoms with Gasteiger partial charge in [0.2, 0.25) is 0 Å². The van der Waals surface area contributed by atoms with Crippen LogP contribution in [-0.2, 0) is 6.42 Å². The Morgan fingerprint density at radius 2 is 1.86 bits per heavy atom. The molecule has 3 aromatic rings. The van der Waals surface area contributed by atoms with E-state index in [9.17, 15) is 4.79 Å². The Morgan fingerprint density at radius 1 is 1.14 bits per heavy atom. The predicted molar refractivity (Wildman–Crippen MR) is 88.5 cm³/mol. The Balaban J connectivity index is 1.78. The van der Waals surface area contributed by atoms with Crippen LogP contribution in [0, 0.1) is 5.92 Å². The molecule has 0 spiro atoms. The summed E-state index contributed by atoms with van der Waals surface area (Å²) >= 11 is 0. The average Bonchev–Trinajstić information content (AvgIpc) is 2.97. The van der Waals surface area contributed by atoms with Crippen LogP contribution in [-0.4, -0.2) is 17.9 Å². The molecule has 1 atom stereocenters. The van der Waals surface area contributed by atoms with Crippen LogP contribution in [0.25, 0.3) is 10.9 Å². The highest BCUT2D eigenvalue weighted by Crippen LogP contribution is 2.23. The van der Waals surface area contributed by atoms with Gasteiger partial charge in [-0.25, -0.2) is 0 Å². The summed E-state index contributed by atoms with van der Waals surface area (Å²) in [6, 6.07) is 15.5. The number of fused-ring (bicyclic) bond motifs is 1. The minimum absolute atomic E-state index is 0.0624. The molecule has 0 aliphatic heterocycles. The third-order valence-electron chi connectivity index (χ3n) is 4.02. The number of H-pyrrole nitrogens is 1. The van der Waals surface area contributed by atoms with Crippen molar-refractivity contribution >= 4 is 16.7 Å². The molecular formula is C19H19NO2. The zero-order valence-corrected chi connectivity index (χ0v) is 12.8. The standard InChI is InChI=1S/C19H19NO2/c1-13(19(21)14-7-9-16(22-2)10-8-14)11-15-12-20-18-6-4-3-5-17(15)18/h3-10,12-13,20H,11H2,1-2H3/t13-/m1/s1. The smallest absolute Gasteiger partial charge is 0.166 e. The molecule has 1 heterocycles. The van der Waals surface area contributed by atoms with E-state index in [0.717, 1.165) is 23.3 Å². The molecule has 0 aliphatic rings. The van der Waals surface area contributed by atoms with Gasteiger partial charge in [0.1, 0.15) is 5.75 Å². The van der Waals surface area contributed by atoms with Crippen LogP contribution < -0.4 is 4.74 Å². The maximum atomic E-state index is 12.6. The third-order valence-corrected chi connectivity index (χ3v) is 4.02. The number of carbonyl (C=O) groups is 1. The maximum Gasteiger partial charge on any atom is 0.166 e. The molecule has 0 bridgehead atoms. The molecule has 1 aromatic heterocycles. The zero-order chi connectivity index (χ0) is 15.5. The molecule has 0 radical (unpaired) electrons. The lowest BCUT2D eigenvalue weighted by molar-refractivity contribution is 0.0929. The van der Waals surface area contributed by atoms with Gasteiger partial charge in [-0.1, -0.05) is 25.1 Å². The average molecular weight is 293 g/mol. The van der Waals surface area contributed by atoms with E-state index in [2.05, 4.69) is 17.1 Å². The van der Waals surface area contributed by atoms with Crippen molar-refractivity contribution in [3.63, 3.8) is 0 Å². The molecule has 0 saturated heterocycles. The summed E-state index contributed by atoms with van der Waals surface area (Å²) in [5.41, 5.74) is 3.03. The van der Waals surface area contributed by atoms with Gasteiger partial charge >= 0.3 is 0 Å². The summed E-state index contributed by atoms with van der Waals surface area (Å²) in [5.74, 6) is 0.862. The highest BCUT2D eigenvalue weighted by atomic mass is 16.5. The van der Waals surface area contributed by atoms with E-state index in [1.54, 1.807) is 7.11 Å². The van der Waals surface area contributed by atoms with Crippen LogP contribution in [0.4, 0.5) is 0 Å². The molecule has 1 N–H and O–H groups in total. The van der Waals surface area contributed by atoms with Crippen molar-refractivity contribution in [2.45, 2.75) is 13.3 Å². The minimum Gasteiger partial charge on any atom is -0.497 e.